The first-order valence-corrected chi connectivity index (χ1v) is 7.85. The van der Waals surface area contributed by atoms with Gasteiger partial charge in [-0.05, 0) is 45.4 Å². The Morgan fingerprint density at radius 3 is 2.58 bits per heavy atom. The van der Waals surface area contributed by atoms with Gasteiger partial charge in [-0.3, -0.25) is 0 Å². The van der Waals surface area contributed by atoms with Crippen LogP contribution in [0.4, 0.5) is 0 Å². The molecular formula is C15H27NO3. The molecule has 0 radical (unpaired) electrons. The van der Waals surface area contributed by atoms with Gasteiger partial charge in [0.15, 0.2) is 0 Å². The van der Waals surface area contributed by atoms with Crippen molar-refractivity contribution in [3.05, 3.63) is 0 Å². The van der Waals surface area contributed by atoms with E-state index in [-0.39, 0.29) is 5.60 Å². The Kier molecular flexibility index (Phi) is 4.42. The van der Waals surface area contributed by atoms with Crippen LogP contribution in [0.25, 0.3) is 0 Å². The number of hydrogen-bond donors (Lipinski definition) is 1. The largest absolute Gasteiger partial charge is 0.381 e. The van der Waals surface area contributed by atoms with Gasteiger partial charge >= 0.3 is 0 Å². The summed E-state index contributed by atoms with van der Waals surface area (Å²) in [6, 6.07) is 1.24. The minimum absolute atomic E-state index is 0.102. The molecule has 19 heavy (non-hydrogen) atoms. The Morgan fingerprint density at radius 2 is 1.79 bits per heavy atom. The Balaban J connectivity index is 1.53. The van der Waals surface area contributed by atoms with Gasteiger partial charge in [0.1, 0.15) is 0 Å². The van der Waals surface area contributed by atoms with E-state index in [1.165, 1.54) is 0 Å². The van der Waals surface area contributed by atoms with Crippen LogP contribution in [0.15, 0.2) is 0 Å². The molecule has 3 atom stereocenters. The van der Waals surface area contributed by atoms with Crippen molar-refractivity contribution < 1.29 is 14.2 Å². The fraction of sp³-hybridized carbons (Fsp3) is 1.00. The van der Waals surface area contributed by atoms with Gasteiger partial charge in [0.05, 0.1) is 11.7 Å². The highest BCUT2D eigenvalue weighted by molar-refractivity contribution is 4.93. The van der Waals surface area contributed by atoms with E-state index in [4.69, 9.17) is 14.2 Å². The lowest BCUT2D eigenvalue weighted by Gasteiger charge is -2.44. The maximum absolute atomic E-state index is 6.10. The van der Waals surface area contributed by atoms with Crippen molar-refractivity contribution in [2.45, 2.75) is 69.2 Å². The molecule has 110 valence electrons. The summed E-state index contributed by atoms with van der Waals surface area (Å²) in [6.45, 7) is 5.71. The average molecular weight is 269 g/mol. The van der Waals surface area contributed by atoms with Crippen LogP contribution in [0, 0.1) is 0 Å². The van der Waals surface area contributed by atoms with E-state index in [0.717, 1.165) is 65.0 Å². The van der Waals surface area contributed by atoms with Crippen molar-refractivity contribution in [2.75, 3.05) is 26.4 Å². The first-order chi connectivity index (χ1) is 9.26. The quantitative estimate of drug-likeness (QED) is 0.831. The molecular weight excluding hydrogens is 242 g/mol. The maximum atomic E-state index is 6.10. The van der Waals surface area contributed by atoms with Gasteiger partial charge < -0.3 is 19.5 Å². The molecule has 0 bridgehead atoms. The zero-order chi connectivity index (χ0) is 13.1. The molecule has 0 aliphatic carbocycles. The van der Waals surface area contributed by atoms with Crippen molar-refractivity contribution >= 4 is 0 Å². The molecule has 0 aromatic carbocycles. The first kappa shape index (κ1) is 13.8. The Hall–Kier alpha value is -0.160. The summed E-state index contributed by atoms with van der Waals surface area (Å²) in [6.07, 6.45) is 7.13. The molecule has 4 heteroatoms. The van der Waals surface area contributed by atoms with Gasteiger partial charge in [-0.1, -0.05) is 0 Å². The molecule has 3 aliphatic rings. The number of rotatable bonds is 2. The highest BCUT2D eigenvalue weighted by Crippen LogP contribution is 2.34. The molecule has 0 amide bonds. The minimum Gasteiger partial charge on any atom is -0.381 e. The van der Waals surface area contributed by atoms with E-state index in [1.54, 1.807) is 0 Å². The predicted octanol–water partition coefficient (Wildman–Crippen LogP) is 1.87. The summed E-state index contributed by atoms with van der Waals surface area (Å²) < 4.78 is 17.2. The third-order valence-electron chi connectivity index (χ3n) is 4.85. The van der Waals surface area contributed by atoms with Gasteiger partial charge in [0.25, 0.3) is 0 Å². The second kappa shape index (κ2) is 6.08. The van der Waals surface area contributed by atoms with Crippen LogP contribution in [0.1, 0.15) is 45.4 Å². The molecule has 3 rings (SSSR count). The summed E-state index contributed by atoms with van der Waals surface area (Å²) in [7, 11) is 0. The Labute approximate surface area is 116 Å². The van der Waals surface area contributed by atoms with Gasteiger partial charge in [-0.15, -0.1) is 0 Å². The summed E-state index contributed by atoms with van der Waals surface area (Å²) in [5.41, 5.74) is 0.102. The van der Waals surface area contributed by atoms with Crippen molar-refractivity contribution in [1.82, 2.24) is 5.32 Å². The molecule has 3 aliphatic heterocycles. The third-order valence-corrected chi connectivity index (χ3v) is 4.85. The molecule has 3 saturated heterocycles. The molecule has 0 aromatic rings. The standard InChI is InChI=1S/C15H27NO3/c1-12-10-13(2-6-18-12)16-14-3-7-19-15(11-14)4-8-17-9-5-15/h12-14,16H,2-11H2,1H3. The number of hydrogen-bond acceptors (Lipinski definition) is 4. The third kappa shape index (κ3) is 3.48. The van der Waals surface area contributed by atoms with Crippen LogP contribution >= 0.6 is 0 Å². The molecule has 1 spiro atoms. The molecule has 4 nitrogen and oxygen atoms in total. The molecule has 0 aromatic heterocycles. The van der Waals surface area contributed by atoms with E-state index in [2.05, 4.69) is 12.2 Å². The lowest BCUT2D eigenvalue weighted by Crippen LogP contribution is -2.53. The number of nitrogens with one attached hydrogen (secondary N) is 1. The summed E-state index contributed by atoms with van der Waals surface area (Å²) in [4.78, 5) is 0. The van der Waals surface area contributed by atoms with E-state index in [1.807, 2.05) is 0 Å². The SMILES string of the molecule is CC1CC(NC2CCOC3(CCOCC3)C2)CCO1. The molecule has 0 saturated carbocycles. The zero-order valence-corrected chi connectivity index (χ0v) is 12.0. The summed E-state index contributed by atoms with van der Waals surface area (Å²) >= 11 is 0. The van der Waals surface area contributed by atoms with Gasteiger partial charge in [-0.25, -0.2) is 0 Å². The van der Waals surface area contributed by atoms with Crippen LogP contribution in [-0.4, -0.2) is 50.2 Å². The van der Waals surface area contributed by atoms with E-state index in [0.29, 0.717) is 18.2 Å². The van der Waals surface area contributed by atoms with E-state index in [9.17, 15) is 0 Å². The van der Waals surface area contributed by atoms with Gasteiger partial charge in [0, 0.05) is 38.5 Å². The van der Waals surface area contributed by atoms with Gasteiger partial charge in [0.2, 0.25) is 0 Å². The second-order valence-electron chi connectivity index (χ2n) is 6.40. The lowest BCUT2D eigenvalue weighted by molar-refractivity contribution is -0.141. The Bertz CT molecular complexity index is 286. The fourth-order valence-electron chi connectivity index (χ4n) is 3.74. The molecule has 1 N–H and O–H groups in total. The minimum atomic E-state index is 0.102. The van der Waals surface area contributed by atoms with Crippen molar-refractivity contribution in [3.8, 4) is 0 Å². The van der Waals surface area contributed by atoms with E-state index >= 15 is 0 Å². The van der Waals surface area contributed by atoms with Crippen molar-refractivity contribution in [3.63, 3.8) is 0 Å². The first-order valence-electron chi connectivity index (χ1n) is 7.85. The highest BCUT2D eigenvalue weighted by Gasteiger charge is 2.39. The summed E-state index contributed by atoms with van der Waals surface area (Å²) in [5, 5.41) is 3.86. The van der Waals surface area contributed by atoms with Crippen LogP contribution in [-0.2, 0) is 14.2 Å². The number of ether oxygens (including phenoxy) is 3. The molecule has 3 fully saturated rings. The zero-order valence-electron chi connectivity index (χ0n) is 12.0. The topological polar surface area (TPSA) is 39.7 Å². The second-order valence-corrected chi connectivity index (χ2v) is 6.40. The Morgan fingerprint density at radius 1 is 1.00 bits per heavy atom. The normalized spacial score (nSPS) is 39.3. The van der Waals surface area contributed by atoms with Crippen molar-refractivity contribution in [2.24, 2.45) is 0 Å². The van der Waals surface area contributed by atoms with E-state index < -0.39 is 0 Å². The average Bonchev–Trinajstić information content (AvgIpc) is 2.40. The van der Waals surface area contributed by atoms with Crippen LogP contribution in [0.5, 0.6) is 0 Å². The monoisotopic (exact) mass is 269 g/mol. The summed E-state index contributed by atoms with van der Waals surface area (Å²) in [5.74, 6) is 0. The van der Waals surface area contributed by atoms with Gasteiger partial charge in [-0.2, -0.15) is 0 Å². The maximum Gasteiger partial charge on any atom is 0.0741 e. The lowest BCUT2D eigenvalue weighted by atomic mass is 9.83. The highest BCUT2D eigenvalue weighted by atomic mass is 16.5. The van der Waals surface area contributed by atoms with Crippen LogP contribution in [0.3, 0.4) is 0 Å². The van der Waals surface area contributed by atoms with Crippen LogP contribution < -0.4 is 5.32 Å². The van der Waals surface area contributed by atoms with Crippen LogP contribution in [0.2, 0.25) is 0 Å². The predicted molar refractivity (Wildman–Crippen MR) is 73.3 cm³/mol. The fourth-order valence-corrected chi connectivity index (χ4v) is 3.74. The molecule has 3 heterocycles. The smallest absolute Gasteiger partial charge is 0.0741 e. The van der Waals surface area contributed by atoms with Crippen molar-refractivity contribution in [1.29, 1.82) is 0 Å². The molecule has 3 unspecified atom stereocenters.